The number of hydrogen-bond acceptors (Lipinski definition) is 4. The zero-order valence-corrected chi connectivity index (χ0v) is 17.9. The Morgan fingerprint density at radius 1 is 1.07 bits per heavy atom. The predicted molar refractivity (Wildman–Crippen MR) is 117 cm³/mol. The molecule has 0 amide bonds. The van der Waals surface area contributed by atoms with Crippen molar-refractivity contribution in [3.8, 4) is 17.6 Å². The lowest BCUT2D eigenvalue weighted by atomic mass is 9.68. The Balaban J connectivity index is 1.53. The van der Waals surface area contributed by atoms with E-state index in [9.17, 15) is 5.26 Å². The number of methoxy groups -OCH3 is 2. The summed E-state index contributed by atoms with van der Waals surface area (Å²) in [5.41, 5.74) is 3.56. The zero-order chi connectivity index (χ0) is 20.7. The van der Waals surface area contributed by atoms with Crippen LogP contribution in [0.15, 0.2) is 42.5 Å². The summed E-state index contributed by atoms with van der Waals surface area (Å²) < 4.78 is 10.7. The van der Waals surface area contributed by atoms with Crippen LogP contribution in [0, 0.1) is 11.3 Å². The van der Waals surface area contributed by atoms with Gasteiger partial charge >= 0.3 is 0 Å². The van der Waals surface area contributed by atoms with E-state index in [0.29, 0.717) is 0 Å². The van der Waals surface area contributed by atoms with Gasteiger partial charge in [-0.1, -0.05) is 30.3 Å². The van der Waals surface area contributed by atoms with Crippen LogP contribution in [0.25, 0.3) is 0 Å². The molecular weight excluding hydrogens is 360 g/mol. The summed E-state index contributed by atoms with van der Waals surface area (Å²) in [6, 6.07) is 17.3. The van der Waals surface area contributed by atoms with Crippen molar-refractivity contribution < 1.29 is 9.47 Å². The van der Waals surface area contributed by atoms with Gasteiger partial charge in [-0.3, -0.25) is 0 Å². The van der Waals surface area contributed by atoms with E-state index in [1.54, 1.807) is 14.2 Å². The van der Waals surface area contributed by atoms with Crippen molar-refractivity contribution in [1.29, 1.82) is 5.26 Å². The van der Waals surface area contributed by atoms with Crippen LogP contribution in [-0.2, 0) is 18.3 Å². The standard InChI is InChI=1S/C25H32N2O2/c1-27(17-13-20-11-12-23(28-2)24(18-20)29-3)16-7-15-25(19-26)14-6-9-21-8-4-5-10-22(21)25/h4-5,8,10-12,18H,6-7,9,13-17H2,1-3H3/t25-/m1/s1. The van der Waals surface area contributed by atoms with Crippen LogP contribution in [0.1, 0.15) is 42.4 Å². The third-order valence-corrected chi connectivity index (χ3v) is 6.17. The second-order valence-electron chi connectivity index (χ2n) is 8.05. The number of benzene rings is 2. The SMILES string of the molecule is COc1ccc(CCN(C)CCC[C@@]2(C#N)CCCc3ccccc32)cc1OC. The molecule has 1 aliphatic carbocycles. The van der Waals surface area contributed by atoms with Gasteiger partial charge in [0.25, 0.3) is 0 Å². The van der Waals surface area contributed by atoms with Gasteiger partial charge in [0, 0.05) is 6.54 Å². The molecule has 1 aliphatic rings. The van der Waals surface area contributed by atoms with Gasteiger partial charge in [-0.2, -0.15) is 5.26 Å². The van der Waals surface area contributed by atoms with Crippen molar-refractivity contribution in [1.82, 2.24) is 4.90 Å². The highest BCUT2D eigenvalue weighted by Crippen LogP contribution is 2.40. The lowest BCUT2D eigenvalue weighted by Gasteiger charge is -2.34. The van der Waals surface area contributed by atoms with E-state index < -0.39 is 0 Å². The highest BCUT2D eigenvalue weighted by molar-refractivity contribution is 5.43. The Morgan fingerprint density at radius 3 is 2.62 bits per heavy atom. The Kier molecular flexibility index (Phi) is 7.17. The van der Waals surface area contributed by atoms with E-state index in [-0.39, 0.29) is 5.41 Å². The van der Waals surface area contributed by atoms with Crippen LogP contribution in [-0.4, -0.2) is 39.3 Å². The first-order chi connectivity index (χ1) is 14.1. The molecule has 29 heavy (non-hydrogen) atoms. The average Bonchev–Trinajstić information content (AvgIpc) is 2.77. The van der Waals surface area contributed by atoms with Crippen LogP contribution in [0.4, 0.5) is 0 Å². The Labute approximate surface area is 175 Å². The molecule has 0 N–H and O–H groups in total. The summed E-state index contributed by atoms with van der Waals surface area (Å²) in [5.74, 6) is 1.54. The summed E-state index contributed by atoms with van der Waals surface area (Å²) >= 11 is 0. The minimum atomic E-state index is -0.307. The number of fused-ring (bicyclic) bond motifs is 1. The smallest absolute Gasteiger partial charge is 0.160 e. The lowest BCUT2D eigenvalue weighted by Crippen LogP contribution is -2.31. The predicted octanol–water partition coefficient (Wildman–Crippen LogP) is 4.76. The number of nitriles is 1. The largest absolute Gasteiger partial charge is 0.493 e. The molecule has 0 spiro atoms. The van der Waals surface area contributed by atoms with Crippen LogP contribution in [0.5, 0.6) is 11.5 Å². The second-order valence-corrected chi connectivity index (χ2v) is 8.05. The fraction of sp³-hybridized carbons (Fsp3) is 0.480. The van der Waals surface area contributed by atoms with Crippen LogP contribution in [0.2, 0.25) is 0 Å². The minimum Gasteiger partial charge on any atom is -0.493 e. The molecule has 2 aromatic rings. The summed E-state index contributed by atoms with van der Waals surface area (Å²) in [4.78, 5) is 2.36. The maximum atomic E-state index is 10.0. The van der Waals surface area contributed by atoms with Gasteiger partial charge in [-0.05, 0) is 80.9 Å². The molecule has 0 saturated carbocycles. The molecule has 0 heterocycles. The Bertz CT molecular complexity index is 858. The van der Waals surface area contributed by atoms with Crippen molar-refractivity contribution >= 4 is 0 Å². The number of ether oxygens (including phenoxy) is 2. The fourth-order valence-electron chi connectivity index (χ4n) is 4.47. The average molecular weight is 393 g/mol. The molecule has 4 heteroatoms. The van der Waals surface area contributed by atoms with Gasteiger partial charge in [0.05, 0.1) is 25.7 Å². The summed E-state index contributed by atoms with van der Waals surface area (Å²) in [6.45, 7) is 1.98. The zero-order valence-electron chi connectivity index (χ0n) is 17.9. The summed E-state index contributed by atoms with van der Waals surface area (Å²) in [6.07, 6.45) is 6.12. The molecule has 0 fully saturated rings. The maximum Gasteiger partial charge on any atom is 0.160 e. The van der Waals surface area contributed by atoms with Gasteiger partial charge in [0.1, 0.15) is 0 Å². The van der Waals surface area contributed by atoms with Gasteiger partial charge in [0.2, 0.25) is 0 Å². The first-order valence-electron chi connectivity index (χ1n) is 10.5. The molecule has 154 valence electrons. The van der Waals surface area contributed by atoms with E-state index in [4.69, 9.17) is 9.47 Å². The molecule has 0 unspecified atom stereocenters. The van der Waals surface area contributed by atoms with Crippen molar-refractivity contribution in [3.63, 3.8) is 0 Å². The molecule has 3 rings (SSSR count). The van der Waals surface area contributed by atoms with Gasteiger partial charge in [0.15, 0.2) is 11.5 Å². The minimum absolute atomic E-state index is 0.307. The third-order valence-electron chi connectivity index (χ3n) is 6.17. The highest BCUT2D eigenvalue weighted by Gasteiger charge is 2.36. The number of aryl methyl sites for hydroxylation is 1. The quantitative estimate of drug-likeness (QED) is 0.617. The second kappa shape index (κ2) is 9.80. The van der Waals surface area contributed by atoms with Gasteiger partial charge < -0.3 is 14.4 Å². The molecule has 0 saturated heterocycles. The van der Waals surface area contributed by atoms with E-state index in [1.165, 1.54) is 16.7 Å². The first kappa shape index (κ1) is 21.2. The summed E-state index contributed by atoms with van der Waals surface area (Å²) in [7, 11) is 5.49. The number of hydrogen-bond donors (Lipinski definition) is 0. The molecule has 2 aromatic carbocycles. The fourth-order valence-corrected chi connectivity index (χ4v) is 4.47. The molecule has 0 aliphatic heterocycles. The van der Waals surface area contributed by atoms with E-state index in [0.717, 1.165) is 63.1 Å². The van der Waals surface area contributed by atoms with Gasteiger partial charge in [-0.15, -0.1) is 0 Å². The number of rotatable bonds is 9. The van der Waals surface area contributed by atoms with Crippen molar-refractivity contribution in [3.05, 3.63) is 59.2 Å². The van der Waals surface area contributed by atoms with Gasteiger partial charge in [-0.25, -0.2) is 0 Å². The van der Waals surface area contributed by atoms with Crippen molar-refractivity contribution in [2.24, 2.45) is 0 Å². The molecule has 4 nitrogen and oxygen atoms in total. The molecule has 0 bridgehead atoms. The normalized spacial score (nSPS) is 18.2. The third kappa shape index (κ3) is 4.92. The topological polar surface area (TPSA) is 45.5 Å². The van der Waals surface area contributed by atoms with E-state index in [2.05, 4.69) is 54.4 Å². The lowest BCUT2D eigenvalue weighted by molar-refractivity contribution is 0.307. The van der Waals surface area contributed by atoms with E-state index in [1.807, 2.05) is 6.07 Å². The van der Waals surface area contributed by atoms with Crippen LogP contribution in [0.3, 0.4) is 0 Å². The Hall–Kier alpha value is -2.51. The summed E-state index contributed by atoms with van der Waals surface area (Å²) in [5, 5.41) is 10.0. The number of nitrogens with zero attached hydrogens (tertiary/aromatic N) is 2. The number of likely N-dealkylation sites (N-methyl/N-ethyl adjacent to an activating group) is 1. The molecular formula is C25H32N2O2. The first-order valence-corrected chi connectivity index (χ1v) is 10.5. The van der Waals surface area contributed by atoms with Crippen LogP contribution < -0.4 is 9.47 Å². The monoisotopic (exact) mass is 392 g/mol. The van der Waals surface area contributed by atoms with Crippen LogP contribution >= 0.6 is 0 Å². The van der Waals surface area contributed by atoms with E-state index >= 15 is 0 Å². The highest BCUT2D eigenvalue weighted by atomic mass is 16.5. The maximum absolute atomic E-state index is 10.0. The van der Waals surface area contributed by atoms with Crippen molar-refractivity contribution in [2.45, 2.75) is 43.9 Å². The molecule has 0 aromatic heterocycles. The molecule has 0 radical (unpaired) electrons. The molecule has 1 atom stereocenters. The Morgan fingerprint density at radius 2 is 1.86 bits per heavy atom. The van der Waals surface area contributed by atoms with Crippen molar-refractivity contribution in [2.75, 3.05) is 34.4 Å².